The predicted octanol–water partition coefficient (Wildman–Crippen LogP) is 4.47. The number of para-hydroxylation sites is 1. The van der Waals surface area contributed by atoms with Crippen LogP contribution in [0.15, 0.2) is 42.5 Å². The maximum absolute atomic E-state index is 11.8. The minimum absolute atomic E-state index is 0.0556. The van der Waals surface area contributed by atoms with Crippen molar-refractivity contribution >= 4 is 17.6 Å². The number of benzene rings is 2. The molecule has 0 unspecified atom stereocenters. The average molecular weight is 377 g/mol. The molecule has 3 aliphatic rings. The Balaban J connectivity index is 1.59. The second-order valence-corrected chi connectivity index (χ2v) is 8.25. The van der Waals surface area contributed by atoms with E-state index in [1.54, 1.807) is 18.2 Å². The number of carboxylic acids is 1. The van der Waals surface area contributed by atoms with Crippen LogP contribution in [0.1, 0.15) is 63.1 Å². The van der Waals surface area contributed by atoms with Crippen molar-refractivity contribution in [3.63, 3.8) is 0 Å². The molecule has 2 aromatic rings. The Bertz CT molecular complexity index is 952. The molecule has 2 aromatic carbocycles. The summed E-state index contributed by atoms with van der Waals surface area (Å²) in [4.78, 5) is 23.6. The third kappa shape index (κ3) is 2.45. The van der Waals surface area contributed by atoms with Crippen LogP contribution in [0.2, 0.25) is 0 Å². The van der Waals surface area contributed by atoms with Crippen LogP contribution in [0.3, 0.4) is 0 Å². The van der Waals surface area contributed by atoms with Gasteiger partial charge < -0.3 is 15.2 Å². The minimum Gasteiger partial charge on any atom is -0.478 e. The lowest BCUT2D eigenvalue weighted by molar-refractivity contribution is 0.0599. The summed E-state index contributed by atoms with van der Waals surface area (Å²) in [7, 11) is 1.38. The van der Waals surface area contributed by atoms with Crippen LogP contribution in [-0.4, -0.2) is 24.2 Å². The number of aromatic carboxylic acids is 1. The first-order chi connectivity index (χ1) is 13.6. The van der Waals surface area contributed by atoms with Gasteiger partial charge >= 0.3 is 11.9 Å². The van der Waals surface area contributed by atoms with Crippen LogP contribution in [-0.2, 0) is 4.74 Å². The topological polar surface area (TPSA) is 75.6 Å². The first kappa shape index (κ1) is 17.3. The van der Waals surface area contributed by atoms with E-state index < -0.39 is 5.97 Å². The Hall–Kier alpha value is -2.82. The van der Waals surface area contributed by atoms with Crippen molar-refractivity contribution in [3.05, 3.63) is 64.7 Å². The number of carbonyl (C=O) groups excluding carboxylic acids is 1. The molecule has 2 saturated carbocycles. The minimum atomic E-state index is -0.897. The number of carboxylic acid groups (broad SMARTS) is 1. The van der Waals surface area contributed by atoms with Crippen LogP contribution in [0.4, 0.5) is 5.69 Å². The van der Waals surface area contributed by atoms with Gasteiger partial charge in [0.2, 0.25) is 0 Å². The summed E-state index contributed by atoms with van der Waals surface area (Å²) in [5.41, 5.74) is 3.90. The van der Waals surface area contributed by atoms with Crippen molar-refractivity contribution in [2.24, 2.45) is 17.8 Å². The van der Waals surface area contributed by atoms with E-state index in [1.807, 2.05) is 18.2 Å². The number of carbonyl (C=O) groups is 2. The largest absolute Gasteiger partial charge is 0.478 e. The number of nitrogens with one attached hydrogen (secondary N) is 1. The molecule has 2 fully saturated rings. The van der Waals surface area contributed by atoms with Gasteiger partial charge in [0.1, 0.15) is 0 Å². The first-order valence-corrected chi connectivity index (χ1v) is 9.89. The van der Waals surface area contributed by atoms with Crippen LogP contribution < -0.4 is 5.32 Å². The van der Waals surface area contributed by atoms with E-state index in [-0.39, 0.29) is 12.0 Å². The van der Waals surface area contributed by atoms with E-state index in [2.05, 4.69) is 11.4 Å². The highest BCUT2D eigenvalue weighted by molar-refractivity contribution is 5.95. The number of hydrogen-bond acceptors (Lipinski definition) is 4. The summed E-state index contributed by atoms with van der Waals surface area (Å²) >= 11 is 0. The van der Waals surface area contributed by atoms with Crippen LogP contribution in [0.25, 0.3) is 0 Å². The third-order valence-electron chi connectivity index (χ3n) is 7.04. The van der Waals surface area contributed by atoms with E-state index in [0.29, 0.717) is 34.8 Å². The summed E-state index contributed by atoms with van der Waals surface area (Å²) in [6.45, 7) is 0. The van der Waals surface area contributed by atoms with Crippen LogP contribution in [0.5, 0.6) is 0 Å². The van der Waals surface area contributed by atoms with Crippen LogP contribution in [0, 0.1) is 17.8 Å². The molecule has 5 rings (SSSR count). The molecule has 144 valence electrons. The Morgan fingerprint density at radius 1 is 1.07 bits per heavy atom. The van der Waals surface area contributed by atoms with Crippen molar-refractivity contribution in [3.8, 4) is 0 Å². The molecule has 0 saturated heterocycles. The first-order valence-electron chi connectivity index (χ1n) is 9.89. The third-order valence-corrected chi connectivity index (χ3v) is 7.04. The van der Waals surface area contributed by atoms with Gasteiger partial charge in [-0.15, -0.1) is 0 Å². The fourth-order valence-electron chi connectivity index (χ4n) is 5.97. The highest BCUT2D eigenvalue weighted by atomic mass is 16.5. The molecule has 2 aliphatic carbocycles. The molecular formula is C23H23NO4. The normalized spacial score (nSPS) is 29.5. The molecule has 2 bridgehead atoms. The van der Waals surface area contributed by atoms with Gasteiger partial charge in [0.15, 0.2) is 0 Å². The van der Waals surface area contributed by atoms with Crippen molar-refractivity contribution < 1.29 is 19.4 Å². The molecule has 0 radical (unpaired) electrons. The Kier molecular flexibility index (Phi) is 3.93. The van der Waals surface area contributed by atoms with Crippen LogP contribution >= 0.6 is 0 Å². The second-order valence-electron chi connectivity index (χ2n) is 8.25. The molecule has 0 amide bonds. The SMILES string of the molecule is COC(=O)c1ccc([C@@H]2Nc3c(C(=O)O)cccc3[C@@H]3[C@H]4CC[C@@H](C4)[C@H]32)cc1. The Morgan fingerprint density at radius 3 is 2.54 bits per heavy atom. The maximum Gasteiger partial charge on any atom is 0.337 e. The predicted molar refractivity (Wildman–Crippen MR) is 105 cm³/mol. The lowest BCUT2D eigenvalue weighted by Crippen LogP contribution is -2.36. The zero-order valence-electron chi connectivity index (χ0n) is 15.7. The van der Waals surface area contributed by atoms with Gasteiger partial charge in [-0.05, 0) is 72.3 Å². The maximum atomic E-state index is 11.8. The number of fused-ring (bicyclic) bond motifs is 7. The number of methoxy groups -OCH3 is 1. The second kappa shape index (κ2) is 6.36. The monoisotopic (exact) mass is 377 g/mol. The van der Waals surface area contributed by atoms with Gasteiger partial charge in [-0.2, -0.15) is 0 Å². The lowest BCUT2D eigenvalue weighted by atomic mass is 9.67. The molecule has 1 aliphatic heterocycles. The van der Waals surface area contributed by atoms with Crippen molar-refractivity contribution in [2.75, 3.05) is 12.4 Å². The van der Waals surface area contributed by atoms with Gasteiger partial charge in [0, 0.05) is 0 Å². The Labute approximate surface area is 163 Å². The lowest BCUT2D eigenvalue weighted by Gasteiger charge is -2.44. The quantitative estimate of drug-likeness (QED) is 0.772. The van der Waals surface area contributed by atoms with Crippen molar-refractivity contribution in [1.29, 1.82) is 0 Å². The van der Waals surface area contributed by atoms with E-state index in [0.717, 1.165) is 11.3 Å². The highest BCUT2D eigenvalue weighted by Gasteiger charge is 2.54. The summed E-state index contributed by atoms with van der Waals surface area (Å²) in [5.74, 6) is 0.912. The molecule has 5 nitrogen and oxygen atoms in total. The average Bonchev–Trinajstić information content (AvgIpc) is 3.35. The summed E-state index contributed by atoms with van der Waals surface area (Å²) < 4.78 is 4.80. The van der Waals surface area contributed by atoms with E-state index >= 15 is 0 Å². The summed E-state index contributed by atoms with van der Waals surface area (Å²) in [6, 6.07) is 13.2. The van der Waals surface area contributed by atoms with Gasteiger partial charge in [-0.3, -0.25) is 0 Å². The fraction of sp³-hybridized carbons (Fsp3) is 0.391. The smallest absolute Gasteiger partial charge is 0.337 e. The number of anilines is 1. The molecule has 5 heteroatoms. The number of hydrogen-bond donors (Lipinski definition) is 2. The van der Waals surface area contributed by atoms with Gasteiger partial charge in [-0.1, -0.05) is 24.3 Å². The van der Waals surface area contributed by atoms with Crippen molar-refractivity contribution in [1.82, 2.24) is 0 Å². The zero-order chi connectivity index (χ0) is 19.4. The molecule has 0 spiro atoms. The van der Waals surface area contributed by atoms with Gasteiger partial charge in [-0.25, -0.2) is 9.59 Å². The fourth-order valence-corrected chi connectivity index (χ4v) is 5.97. The van der Waals surface area contributed by atoms with Gasteiger partial charge in [0.25, 0.3) is 0 Å². The van der Waals surface area contributed by atoms with E-state index in [4.69, 9.17) is 4.74 Å². The molecule has 5 atom stereocenters. The van der Waals surface area contributed by atoms with E-state index in [9.17, 15) is 14.7 Å². The van der Waals surface area contributed by atoms with Gasteiger partial charge in [0.05, 0.1) is 30.0 Å². The standard InChI is InChI=1S/C23H23NO4/c1-28-23(27)13-7-5-12(6-8-13)20-19-15-10-9-14(11-15)18(19)16-3-2-4-17(22(25)26)21(16)24-20/h2-8,14-15,18-20,24H,9-11H2,1H3,(H,25,26)/t14-,15-,18-,19+,20-/m0/s1. The molecule has 0 aromatic heterocycles. The number of ether oxygens (including phenoxy) is 1. The van der Waals surface area contributed by atoms with E-state index in [1.165, 1.54) is 31.9 Å². The molecule has 2 N–H and O–H groups in total. The summed E-state index contributed by atoms with van der Waals surface area (Å²) in [5, 5.41) is 13.3. The number of rotatable bonds is 3. The number of esters is 1. The zero-order valence-corrected chi connectivity index (χ0v) is 15.7. The van der Waals surface area contributed by atoms with Crippen molar-refractivity contribution in [2.45, 2.75) is 31.2 Å². The summed E-state index contributed by atoms with van der Waals surface area (Å²) in [6.07, 6.45) is 3.71. The molecule has 28 heavy (non-hydrogen) atoms. The molecular weight excluding hydrogens is 354 g/mol. The highest BCUT2D eigenvalue weighted by Crippen LogP contribution is 2.63. The Morgan fingerprint density at radius 2 is 1.82 bits per heavy atom. The molecule has 1 heterocycles.